The van der Waals surface area contributed by atoms with Crippen LogP contribution in [0.5, 0.6) is 0 Å². The lowest BCUT2D eigenvalue weighted by molar-refractivity contribution is 0.172. The van der Waals surface area contributed by atoms with E-state index in [0.717, 1.165) is 19.5 Å². The van der Waals surface area contributed by atoms with Gasteiger partial charge < -0.3 is 5.73 Å². The quantitative estimate of drug-likeness (QED) is 0.732. The maximum atomic E-state index is 5.98. The van der Waals surface area contributed by atoms with Crippen molar-refractivity contribution in [2.45, 2.75) is 64.5 Å². The fourth-order valence-corrected chi connectivity index (χ4v) is 3.23. The van der Waals surface area contributed by atoms with Gasteiger partial charge >= 0.3 is 0 Å². The summed E-state index contributed by atoms with van der Waals surface area (Å²) in [5.74, 6) is 0. The average molecular weight is 274 g/mol. The molecule has 1 aliphatic heterocycles. The molecule has 0 aromatic heterocycles. The van der Waals surface area contributed by atoms with E-state index in [2.05, 4.69) is 36.1 Å². The zero-order valence-electron chi connectivity index (χ0n) is 13.0. The molecule has 1 aliphatic rings. The Morgan fingerprint density at radius 3 is 2.50 bits per heavy atom. The van der Waals surface area contributed by atoms with Crippen LogP contribution in [0.1, 0.15) is 56.6 Å². The van der Waals surface area contributed by atoms with Crippen molar-refractivity contribution in [1.29, 1.82) is 0 Å². The van der Waals surface area contributed by atoms with Crippen molar-refractivity contribution in [3.63, 3.8) is 0 Å². The molecule has 2 heteroatoms. The molecule has 0 spiro atoms. The third-order valence-electron chi connectivity index (χ3n) is 4.53. The van der Waals surface area contributed by atoms with Crippen molar-refractivity contribution in [2.24, 2.45) is 5.73 Å². The van der Waals surface area contributed by atoms with Gasteiger partial charge in [-0.3, -0.25) is 4.90 Å². The van der Waals surface area contributed by atoms with E-state index in [1.165, 1.54) is 56.2 Å². The molecule has 0 saturated heterocycles. The van der Waals surface area contributed by atoms with E-state index in [9.17, 15) is 0 Å². The van der Waals surface area contributed by atoms with E-state index in [4.69, 9.17) is 5.73 Å². The lowest BCUT2D eigenvalue weighted by atomic mass is 9.93. The summed E-state index contributed by atoms with van der Waals surface area (Å²) in [6.45, 7) is 5.36. The molecule has 0 bridgehead atoms. The highest BCUT2D eigenvalue weighted by molar-refractivity contribution is 5.30. The first-order valence-corrected chi connectivity index (χ1v) is 8.36. The molecular weight excluding hydrogens is 244 g/mol. The van der Waals surface area contributed by atoms with Gasteiger partial charge in [0.1, 0.15) is 0 Å². The topological polar surface area (TPSA) is 29.3 Å². The van der Waals surface area contributed by atoms with Crippen molar-refractivity contribution < 1.29 is 0 Å². The van der Waals surface area contributed by atoms with Crippen LogP contribution < -0.4 is 5.73 Å². The fourth-order valence-electron chi connectivity index (χ4n) is 3.23. The van der Waals surface area contributed by atoms with Gasteiger partial charge in [-0.15, -0.1) is 0 Å². The lowest BCUT2D eigenvalue weighted by Crippen LogP contribution is -2.45. The Bertz CT molecular complexity index is 389. The smallest absolute Gasteiger partial charge is 0.0262 e. The van der Waals surface area contributed by atoms with Gasteiger partial charge in [0.2, 0.25) is 0 Å². The molecule has 1 atom stereocenters. The molecule has 0 amide bonds. The molecule has 1 unspecified atom stereocenters. The Kier molecular flexibility index (Phi) is 6.55. The van der Waals surface area contributed by atoms with Crippen molar-refractivity contribution in [3.05, 3.63) is 35.4 Å². The van der Waals surface area contributed by atoms with E-state index >= 15 is 0 Å². The largest absolute Gasteiger partial charge is 0.329 e. The Labute approximate surface area is 124 Å². The molecule has 1 aromatic carbocycles. The zero-order chi connectivity index (χ0) is 14.2. The van der Waals surface area contributed by atoms with Crippen LogP contribution in [0.2, 0.25) is 0 Å². The van der Waals surface area contributed by atoms with Crippen molar-refractivity contribution >= 4 is 0 Å². The number of fused-ring (bicyclic) bond motifs is 1. The molecule has 20 heavy (non-hydrogen) atoms. The second-order valence-electron chi connectivity index (χ2n) is 6.10. The molecule has 0 radical (unpaired) electrons. The van der Waals surface area contributed by atoms with Crippen LogP contribution in [0, 0.1) is 0 Å². The molecule has 2 N–H and O–H groups in total. The predicted octanol–water partition coefficient (Wildman–Crippen LogP) is 3.73. The molecule has 1 aromatic rings. The summed E-state index contributed by atoms with van der Waals surface area (Å²) < 4.78 is 0. The highest BCUT2D eigenvalue weighted by Gasteiger charge is 2.23. The third-order valence-corrected chi connectivity index (χ3v) is 4.53. The highest BCUT2D eigenvalue weighted by atomic mass is 15.2. The second-order valence-corrected chi connectivity index (χ2v) is 6.10. The number of hydrogen-bond acceptors (Lipinski definition) is 2. The van der Waals surface area contributed by atoms with Crippen LogP contribution in [-0.4, -0.2) is 24.0 Å². The summed E-state index contributed by atoms with van der Waals surface area (Å²) in [6.07, 6.45) is 9.34. The molecular formula is C18H30N2. The van der Waals surface area contributed by atoms with Crippen LogP contribution in [0.4, 0.5) is 0 Å². The van der Waals surface area contributed by atoms with Gasteiger partial charge in [-0.1, -0.05) is 63.3 Å². The molecule has 2 rings (SSSR count). The first-order valence-electron chi connectivity index (χ1n) is 8.36. The average Bonchev–Trinajstić information content (AvgIpc) is 2.50. The Morgan fingerprint density at radius 2 is 1.75 bits per heavy atom. The van der Waals surface area contributed by atoms with E-state index < -0.39 is 0 Å². The fraction of sp³-hybridized carbons (Fsp3) is 0.667. The van der Waals surface area contributed by atoms with Crippen LogP contribution in [0.15, 0.2) is 24.3 Å². The van der Waals surface area contributed by atoms with E-state index in [1.54, 1.807) is 0 Å². The van der Waals surface area contributed by atoms with Crippen molar-refractivity contribution in [2.75, 3.05) is 13.1 Å². The minimum atomic E-state index is 0.542. The van der Waals surface area contributed by atoms with Crippen LogP contribution in [0.25, 0.3) is 0 Å². The van der Waals surface area contributed by atoms with Crippen LogP contribution in [0.3, 0.4) is 0 Å². The van der Waals surface area contributed by atoms with E-state index in [0.29, 0.717) is 6.04 Å². The molecule has 0 fully saturated rings. The second kappa shape index (κ2) is 8.43. The van der Waals surface area contributed by atoms with Gasteiger partial charge in [-0.05, 0) is 30.5 Å². The number of nitrogens with zero attached hydrogens (tertiary/aromatic N) is 1. The van der Waals surface area contributed by atoms with Gasteiger partial charge in [-0.2, -0.15) is 0 Å². The number of benzene rings is 1. The first kappa shape index (κ1) is 15.5. The molecule has 1 heterocycles. The Morgan fingerprint density at radius 1 is 1.05 bits per heavy atom. The zero-order valence-corrected chi connectivity index (χ0v) is 13.0. The van der Waals surface area contributed by atoms with Crippen molar-refractivity contribution in [3.8, 4) is 0 Å². The summed E-state index contributed by atoms with van der Waals surface area (Å²) in [7, 11) is 0. The molecule has 2 nitrogen and oxygen atoms in total. The van der Waals surface area contributed by atoms with E-state index in [1.807, 2.05) is 0 Å². The number of unbranched alkanes of at least 4 members (excludes halogenated alkanes) is 5. The van der Waals surface area contributed by atoms with Crippen LogP contribution >= 0.6 is 0 Å². The van der Waals surface area contributed by atoms with Gasteiger partial charge in [0.05, 0.1) is 0 Å². The standard InChI is InChI=1S/C18H30N2/c1-2-3-4-5-6-9-12-20-15-17-11-8-7-10-16(17)13-18(20)14-19/h7-8,10-11,18H,2-6,9,12-15,19H2,1H3. The number of nitrogens with two attached hydrogens (primary N) is 1. The normalized spacial score (nSPS) is 19.0. The maximum Gasteiger partial charge on any atom is 0.0262 e. The summed E-state index contributed by atoms with van der Waals surface area (Å²) in [5, 5.41) is 0. The van der Waals surface area contributed by atoms with Crippen molar-refractivity contribution in [1.82, 2.24) is 4.90 Å². The molecule has 0 saturated carbocycles. The summed E-state index contributed by atoms with van der Waals surface area (Å²) in [5.41, 5.74) is 8.98. The highest BCUT2D eigenvalue weighted by Crippen LogP contribution is 2.23. The molecule has 112 valence electrons. The van der Waals surface area contributed by atoms with Gasteiger partial charge in [0.25, 0.3) is 0 Å². The first-order chi connectivity index (χ1) is 9.85. The number of hydrogen-bond donors (Lipinski definition) is 1. The monoisotopic (exact) mass is 274 g/mol. The molecule has 0 aliphatic carbocycles. The Balaban J connectivity index is 1.79. The summed E-state index contributed by atoms with van der Waals surface area (Å²) in [6, 6.07) is 9.39. The number of rotatable bonds is 8. The predicted molar refractivity (Wildman–Crippen MR) is 86.8 cm³/mol. The van der Waals surface area contributed by atoms with E-state index in [-0.39, 0.29) is 0 Å². The lowest BCUT2D eigenvalue weighted by Gasteiger charge is -2.36. The minimum absolute atomic E-state index is 0.542. The SMILES string of the molecule is CCCCCCCCN1Cc2ccccc2CC1CN. The third kappa shape index (κ3) is 4.32. The van der Waals surface area contributed by atoms with Gasteiger partial charge in [-0.25, -0.2) is 0 Å². The maximum absolute atomic E-state index is 5.98. The minimum Gasteiger partial charge on any atom is -0.329 e. The van der Waals surface area contributed by atoms with Crippen LogP contribution in [-0.2, 0) is 13.0 Å². The van der Waals surface area contributed by atoms with Gasteiger partial charge in [0, 0.05) is 19.1 Å². The Hall–Kier alpha value is -0.860. The summed E-state index contributed by atoms with van der Waals surface area (Å²) in [4.78, 5) is 2.60. The van der Waals surface area contributed by atoms with Gasteiger partial charge in [0.15, 0.2) is 0 Å². The summed E-state index contributed by atoms with van der Waals surface area (Å²) >= 11 is 0.